The van der Waals surface area contributed by atoms with Crippen molar-refractivity contribution in [3.8, 4) is 0 Å². The second-order valence-electron chi connectivity index (χ2n) is 4.65. The number of rotatable bonds is 6. The van der Waals surface area contributed by atoms with E-state index in [1.807, 2.05) is 0 Å². The molecule has 100 valence electrons. The second-order valence-corrected chi connectivity index (χ2v) is 4.65. The maximum absolute atomic E-state index is 12.0. The summed E-state index contributed by atoms with van der Waals surface area (Å²) in [7, 11) is 1.56. The minimum atomic E-state index is -0.309. The van der Waals surface area contributed by atoms with E-state index >= 15 is 0 Å². The Morgan fingerprint density at radius 2 is 2.41 bits per heavy atom. The molecule has 1 amide bonds. The highest BCUT2D eigenvalue weighted by Gasteiger charge is 2.26. The number of nitrogens with one attached hydrogen (secondary N) is 2. The Morgan fingerprint density at radius 3 is 3.00 bits per heavy atom. The first-order valence-corrected chi connectivity index (χ1v) is 6.34. The Balaban J connectivity index is 2.40. The summed E-state index contributed by atoms with van der Waals surface area (Å²) in [6, 6.07) is -0.434. The van der Waals surface area contributed by atoms with Crippen LogP contribution in [-0.2, 0) is 9.53 Å². The van der Waals surface area contributed by atoms with E-state index in [0.29, 0.717) is 12.5 Å². The van der Waals surface area contributed by atoms with E-state index in [1.54, 1.807) is 7.11 Å². The van der Waals surface area contributed by atoms with Gasteiger partial charge in [0.25, 0.3) is 0 Å². The predicted molar refractivity (Wildman–Crippen MR) is 65.7 cm³/mol. The number of hydrogen-bond donors (Lipinski definition) is 3. The highest BCUT2D eigenvalue weighted by molar-refractivity contribution is 5.82. The molecule has 0 spiro atoms. The normalized spacial score (nSPS) is 26.5. The molecule has 1 aliphatic heterocycles. The summed E-state index contributed by atoms with van der Waals surface area (Å²) in [5, 5.41) is 15.1. The zero-order chi connectivity index (χ0) is 12.7. The van der Waals surface area contributed by atoms with Crippen molar-refractivity contribution in [2.45, 2.75) is 38.3 Å². The number of hydrogen-bond acceptors (Lipinski definition) is 4. The van der Waals surface area contributed by atoms with Crippen LogP contribution in [0.15, 0.2) is 0 Å². The highest BCUT2D eigenvalue weighted by Crippen LogP contribution is 2.19. The maximum Gasteiger partial charge on any atom is 0.237 e. The van der Waals surface area contributed by atoms with Gasteiger partial charge in [0.1, 0.15) is 0 Å². The summed E-state index contributed by atoms with van der Waals surface area (Å²) in [6.07, 6.45) is 3.14. The number of carbonyl (C=O) groups excluding carboxylic acids is 1. The molecule has 0 aromatic rings. The van der Waals surface area contributed by atoms with Crippen molar-refractivity contribution in [3.05, 3.63) is 0 Å². The Morgan fingerprint density at radius 1 is 1.65 bits per heavy atom. The lowest BCUT2D eigenvalue weighted by Gasteiger charge is -2.30. The van der Waals surface area contributed by atoms with Gasteiger partial charge in [-0.15, -0.1) is 0 Å². The third kappa shape index (κ3) is 4.61. The van der Waals surface area contributed by atoms with Crippen molar-refractivity contribution in [2.75, 3.05) is 26.9 Å². The number of methoxy groups -OCH3 is 1. The Kier molecular flexibility index (Phi) is 6.47. The molecule has 0 radical (unpaired) electrons. The standard InChI is InChI=1S/C12H24N2O3/c1-3-9-4-5-13-11(6-9)12(16)14-10(7-15)8-17-2/h9-11,13,15H,3-8H2,1-2H3,(H,14,16). The van der Waals surface area contributed by atoms with Gasteiger partial charge in [0.05, 0.1) is 25.3 Å². The van der Waals surface area contributed by atoms with E-state index in [1.165, 1.54) is 0 Å². The molecule has 0 bridgehead atoms. The van der Waals surface area contributed by atoms with Crippen LogP contribution in [-0.4, -0.2) is 50.0 Å². The molecule has 3 atom stereocenters. The van der Waals surface area contributed by atoms with Crippen LogP contribution in [0.25, 0.3) is 0 Å². The van der Waals surface area contributed by atoms with Crippen LogP contribution in [0.1, 0.15) is 26.2 Å². The lowest BCUT2D eigenvalue weighted by molar-refractivity contribution is -0.125. The Bertz CT molecular complexity index is 236. The molecule has 5 heteroatoms. The van der Waals surface area contributed by atoms with Crippen LogP contribution < -0.4 is 10.6 Å². The molecule has 5 nitrogen and oxygen atoms in total. The van der Waals surface area contributed by atoms with Crippen molar-refractivity contribution >= 4 is 5.91 Å². The van der Waals surface area contributed by atoms with Gasteiger partial charge in [-0.2, -0.15) is 0 Å². The van der Waals surface area contributed by atoms with Gasteiger partial charge in [0, 0.05) is 7.11 Å². The van der Waals surface area contributed by atoms with E-state index in [2.05, 4.69) is 17.6 Å². The summed E-state index contributed by atoms with van der Waals surface area (Å²) in [5.74, 6) is 0.598. The van der Waals surface area contributed by atoms with E-state index in [0.717, 1.165) is 25.8 Å². The zero-order valence-corrected chi connectivity index (χ0v) is 10.7. The predicted octanol–water partition coefficient (Wildman–Crippen LogP) is -0.112. The van der Waals surface area contributed by atoms with E-state index in [-0.39, 0.29) is 24.6 Å². The van der Waals surface area contributed by atoms with Crippen molar-refractivity contribution in [2.24, 2.45) is 5.92 Å². The first-order valence-electron chi connectivity index (χ1n) is 6.34. The molecule has 3 N–H and O–H groups in total. The lowest BCUT2D eigenvalue weighted by atomic mass is 9.90. The van der Waals surface area contributed by atoms with Crippen LogP contribution in [0, 0.1) is 5.92 Å². The monoisotopic (exact) mass is 244 g/mol. The van der Waals surface area contributed by atoms with Gasteiger partial charge < -0.3 is 20.5 Å². The molecule has 0 aromatic heterocycles. The second kappa shape index (κ2) is 7.63. The first kappa shape index (κ1) is 14.4. The van der Waals surface area contributed by atoms with E-state index < -0.39 is 0 Å². The fraction of sp³-hybridized carbons (Fsp3) is 0.917. The van der Waals surface area contributed by atoms with Crippen molar-refractivity contribution in [1.29, 1.82) is 0 Å². The average Bonchev–Trinajstić information content (AvgIpc) is 2.38. The molecule has 0 aromatic carbocycles. The third-order valence-electron chi connectivity index (χ3n) is 3.34. The number of carbonyl (C=O) groups is 1. The summed E-state index contributed by atoms with van der Waals surface area (Å²) in [4.78, 5) is 12.0. The summed E-state index contributed by atoms with van der Waals surface area (Å²) >= 11 is 0. The smallest absolute Gasteiger partial charge is 0.237 e. The topological polar surface area (TPSA) is 70.6 Å². The zero-order valence-electron chi connectivity index (χ0n) is 10.7. The molecule has 1 heterocycles. The van der Waals surface area contributed by atoms with Crippen molar-refractivity contribution < 1.29 is 14.6 Å². The molecular weight excluding hydrogens is 220 g/mol. The minimum Gasteiger partial charge on any atom is -0.394 e. The van der Waals surface area contributed by atoms with Gasteiger partial charge in [-0.3, -0.25) is 4.79 Å². The van der Waals surface area contributed by atoms with Crippen LogP contribution in [0.2, 0.25) is 0 Å². The summed E-state index contributed by atoms with van der Waals surface area (Å²) in [6.45, 7) is 3.30. The third-order valence-corrected chi connectivity index (χ3v) is 3.34. The average molecular weight is 244 g/mol. The molecule has 17 heavy (non-hydrogen) atoms. The summed E-state index contributed by atoms with van der Waals surface area (Å²) < 4.78 is 4.93. The Labute approximate surface area is 103 Å². The number of amides is 1. The molecule has 0 aliphatic carbocycles. The largest absolute Gasteiger partial charge is 0.394 e. The molecule has 3 unspecified atom stereocenters. The fourth-order valence-corrected chi connectivity index (χ4v) is 2.21. The first-order chi connectivity index (χ1) is 8.21. The highest BCUT2D eigenvalue weighted by atomic mass is 16.5. The van der Waals surface area contributed by atoms with Gasteiger partial charge in [0.15, 0.2) is 0 Å². The van der Waals surface area contributed by atoms with Crippen LogP contribution in [0.4, 0.5) is 0 Å². The molecular formula is C12H24N2O3. The molecule has 1 rings (SSSR count). The molecule has 0 saturated carbocycles. The van der Waals surface area contributed by atoms with Crippen LogP contribution >= 0.6 is 0 Å². The maximum atomic E-state index is 12.0. The van der Waals surface area contributed by atoms with Gasteiger partial charge in [-0.25, -0.2) is 0 Å². The van der Waals surface area contributed by atoms with E-state index in [4.69, 9.17) is 9.84 Å². The molecule has 1 saturated heterocycles. The number of piperidine rings is 1. The summed E-state index contributed by atoms with van der Waals surface area (Å²) in [5.41, 5.74) is 0. The number of aliphatic hydroxyl groups is 1. The van der Waals surface area contributed by atoms with Gasteiger partial charge in [-0.05, 0) is 25.3 Å². The Hall–Kier alpha value is -0.650. The molecule has 1 aliphatic rings. The fourth-order valence-electron chi connectivity index (χ4n) is 2.21. The van der Waals surface area contributed by atoms with Gasteiger partial charge in [0.2, 0.25) is 5.91 Å². The van der Waals surface area contributed by atoms with Crippen LogP contribution in [0.5, 0.6) is 0 Å². The quantitative estimate of drug-likeness (QED) is 0.609. The minimum absolute atomic E-state index is 0.0285. The number of ether oxygens (including phenoxy) is 1. The van der Waals surface area contributed by atoms with Gasteiger partial charge in [-0.1, -0.05) is 13.3 Å². The van der Waals surface area contributed by atoms with Gasteiger partial charge >= 0.3 is 0 Å². The van der Waals surface area contributed by atoms with Crippen molar-refractivity contribution in [1.82, 2.24) is 10.6 Å². The SMILES string of the molecule is CCC1CCNC(C(=O)NC(CO)COC)C1. The van der Waals surface area contributed by atoms with Crippen molar-refractivity contribution in [3.63, 3.8) is 0 Å². The number of aliphatic hydroxyl groups excluding tert-OH is 1. The van der Waals surface area contributed by atoms with Crippen LogP contribution in [0.3, 0.4) is 0 Å². The lowest BCUT2D eigenvalue weighted by Crippen LogP contribution is -2.52. The van der Waals surface area contributed by atoms with E-state index in [9.17, 15) is 4.79 Å². The molecule has 1 fully saturated rings.